The van der Waals surface area contributed by atoms with Crippen molar-refractivity contribution in [1.82, 2.24) is 0 Å². The number of aliphatic hydroxyl groups is 1. The van der Waals surface area contributed by atoms with Crippen molar-refractivity contribution in [3.8, 4) is 28.7 Å². The summed E-state index contributed by atoms with van der Waals surface area (Å²) in [6.07, 6.45) is 0. The third-order valence-corrected chi connectivity index (χ3v) is 3.92. The number of methoxy groups -OCH3 is 1. The third kappa shape index (κ3) is 4.55. The van der Waals surface area contributed by atoms with Gasteiger partial charge in [0.05, 0.1) is 12.7 Å². The summed E-state index contributed by atoms with van der Waals surface area (Å²) < 4.78 is 16.8. The van der Waals surface area contributed by atoms with Crippen LogP contribution in [0.4, 0.5) is 0 Å². The first kappa shape index (κ1) is 17.8. The molecule has 0 aliphatic heterocycles. The second-order valence-corrected chi connectivity index (χ2v) is 6.43. The van der Waals surface area contributed by atoms with Crippen LogP contribution < -0.4 is 14.2 Å². The summed E-state index contributed by atoms with van der Waals surface area (Å²) in [5.74, 6) is 3.67. The molecule has 0 radical (unpaired) electrons. The van der Waals surface area contributed by atoms with Gasteiger partial charge in [0.15, 0.2) is 0 Å². The van der Waals surface area contributed by atoms with E-state index in [1.165, 1.54) is 0 Å². The molecule has 4 heteroatoms. The lowest BCUT2D eigenvalue weighted by atomic mass is 9.99. The van der Waals surface area contributed by atoms with E-state index in [-0.39, 0.29) is 0 Å². The van der Waals surface area contributed by atoms with Gasteiger partial charge in [0.2, 0.25) is 0 Å². The van der Waals surface area contributed by atoms with Crippen LogP contribution >= 0.6 is 0 Å². The lowest BCUT2D eigenvalue weighted by Crippen LogP contribution is -2.14. The Hall–Kier alpha value is -2.98. The predicted octanol–water partition coefficient (Wildman–Crippen LogP) is 5.51. The van der Waals surface area contributed by atoms with Gasteiger partial charge in [-0.25, -0.2) is 0 Å². The number of rotatable bonds is 6. The molecule has 0 heterocycles. The highest BCUT2D eigenvalue weighted by atomic mass is 16.5. The van der Waals surface area contributed by atoms with Gasteiger partial charge in [-0.05, 0) is 80.1 Å². The first-order chi connectivity index (χ1) is 12.4. The Balaban J connectivity index is 1.63. The molecule has 0 spiro atoms. The lowest BCUT2D eigenvalue weighted by Gasteiger charge is -2.17. The maximum atomic E-state index is 9.99. The van der Waals surface area contributed by atoms with Crippen molar-refractivity contribution >= 4 is 0 Å². The van der Waals surface area contributed by atoms with Crippen LogP contribution in [0.25, 0.3) is 0 Å². The van der Waals surface area contributed by atoms with E-state index >= 15 is 0 Å². The minimum absolute atomic E-state index is 0.710. The molecule has 0 unspecified atom stereocenters. The molecule has 0 fully saturated rings. The molecule has 0 amide bonds. The molecule has 26 heavy (non-hydrogen) atoms. The van der Waals surface area contributed by atoms with Gasteiger partial charge < -0.3 is 19.3 Å². The van der Waals surface area contributed by atoms with E-state index in [1.54, 1.807) is 21.0 Å². The van der Waals surface area contributed by atoms with Crippen LogP contribution in [0.15, 0.2) is 72.8 Å². The molecule has 0 saturated carbocycles. The molecule has 134 valence electrons. The molecule has 4 nitrogen and oxygen atoms in total. The fourth-order valence-corrected chi connectivity index (χ4v) is 2.42. The molecular formula is C22H22O4. The van der Waals surface area contributed by atoms with Crippen molar-refractivity contribution < 1.29 is 19.3 Å². The third-order valence-electron chi connectivity index (χ3n) is 3.92. The van der Waals surface area contributed by atoms with E-state index in [2.05, 4.69) is 0 Å². The Morgan fingerprint density at radius 2 is 0.885 bits per heavy atom. The number of hydrogen-bond donors (Lipinski definition) is 1. The second-order valence-electron chi connectivity index (χ2n) is 6.43. The van der Waals surface area contributed by atoms with Gasteiger partial charge in [-0.15, -0.1) is 0 Å². The van der Waals surface area contributed by atoms with Gasteiger partial charge in [-0.1, -0.05) is 12.1 Å². The Morgan fingerprint density at radius 3 is 1.19 bits per heavy atom. The Morgan fingerprint density at radius 1 is 0.577 bits per heavy atom. The quantitative estimate of drug-likeness (QED) is 0.637. The summed E-state index contributed by atoms with van der Waals surface area (Å²) in [5, 5.41) is 9.99. The van der Waals surface area contributed by atoms with Crippen LogP contribution in [-0.4, -0.2) is 12.2 Å². The second kappa shape index (κ2) is 7.50. The first-order valence-electron chi connectivity index (χ1n) is 8.37. The number of ether oxygens (including phenoxy) is 3. The number of hydrogen-bond acceptors (Lipinski definition) is 4. The van der Waals surface area contributed by atoms with E-state index in [9.17, 15) is 5.11 Å². The van der Waals surface area contributed by atoms with E-state index in [4.69, 9.17) is 14.2 Å². The minimum Gasteiger partial charge on any atom is -0.497 e. The summed E-state index contributed by atoms with van der Waals surface area (Å²) in [5.41, 5.74) is -0.0213. The zero-order valence-corrected chi connectivity index (χ0v) is 15.1. The highest BCUT2D eigenvalue weighted by Gasteiger charge is 2.15. The maximum absolute atomic E-state index is 9.99. The van der Waals surface area contributed by atoms with Gasteiger partial charge >= 0.3 is 0 Å². The normalized spacial score (nSPS) is 11.1. The maximum Gasteiger partial charge on any atom is 0.127 e. The fraction of sp³-hybridized carbons (Fsp3) is 0.182. The van der Waals surface area contributed by atoms with Crippen molar-refractivity contribution in [3.63, 3.8) is 0 Å². The molecule has 3 rings (SSSR count). The average molecular weight is 350 g/mol. The van der Waals surface area contributed by atoms with Crippen LogP contribution in [0.5, 0.6) is 28.7 Å². The summed E-state index contributed by atoms with van der Waals surface area (Å²) in [7, 11) is 1.63. The minimum atomic E-state index is -0.862. The van der Waals surface area contributed by atoms with Gasteiger partial charge in [0.25, 0.3) is 0 Å². The van der Waals surface area contributed by atoms with Gasteiger partial charge in [-0.2, -0.15) is 0 Å². The van der Waals surface area contributed by atoms with Crippen LogP contribution in [0, 0.1) is 0 Å². The van der Waals surface area contributed by atoms with E-state index in [0.29, 0.717) is 11.5 Å². The smallest absolute Gasteiger partial charge is 0.127 e. The Kier molecular flexibility index (Phi) is 5.14. The van der Waals surface area contributed by atoms with Crippen LogP contribution in [0.3, 0.4) is 0 Å². The SMILES string of the molecule is COc1ccc(Oc2ccc(Oc3ccc(C(C)(C)O)cc3)cc2)cc1. The van der Waals surface area contributed by atoms with Crippen molar-refractivity contribution in [2.24, 2.45) is 0 Å². The van der Waals surface area contributed by atoms with Gasteiger partial charge in [0.1, 0.15) is 28.7 Å². The predicted molar refractivity (Wildman–Crippen MR) is 101 cm³/mol. The molecule has 0 aliphatic carbocycles. The highest BCUT2D eigenvalue weighted by molar-refractivity contribution is 5.39. The summed E-state index contributed by atoms with van der Waals surface area (Å²) in [6, 6.07) is 22.2. The van der Waals surface area contributed by atoms with Crippen molar-refractivity contribution in [2.45, 2.75) is 19.4 Å². The zero-order chi connectivity index (χ0) is 18.6. The largest absolute Gasteiger partial charge is 0.497 e. The molecule has 0 saturated heterocycles. The van der Waals surface area contributed by atoms with E-state index in [1.807, 2.05) is 72.8 Å². The Bertz CT molecular complexity index is 829. The standard InChI is InChI=1S/C22H22O4/c1-22(2,23)16-4-6-18(7-5-16)25-20-12-14-21(15-13-20)26-19-10-8-17(24-3)9-11-19/h4-15,23H,1-3H3. The van der Waals surface area contributed by atoms with Crippen molar-refractivity contribution in [2.75, 3.05) is 7.11 Å². The first-order valence-corrected chi connectivity index (χ1v) is 8.37. The fourth-order valence-electron chi connectivity index (χ4n) is 2.42. The molecule has 3 aromatic carbocycles. The van der Waals surface area contributed by atoms with Crippen LogP contribution in [0.2, 0.25) is 0 Å². The van der Waals surface area contributed by atoms with Gasteiger partial charge in [0, 0.05) is 0 Å². The topological polar surface area (TPSA) is 47.9 Å². The molecule has 0 atom stereocenters. The molecular weight excluding hydrogens is 328 g/mol. The molecule has 0 aliphatic rings. The average Bonchev–Trinajstić information content (AvgIpc) is 2.64. The molecule has 3 aromatic rings. The summed E-state index contributed by atoms with van der Waals surface area (Å²) >= 11 is 0. The summed E-state index contributed by atoms with van der Waals surface area (Å²) in [4.78, 5) is 0. The monoisotopic (exact) mass is 350 g/mol. The molecule has 0 aromatic heterocycles. The molecule has 0 bridgehead atoms. The number of benzene rings is 3. The van der Waals surface area contributed by atoms with E-state index in [0.717, 1.165) is 22.8 Å². The van der Waals surface area contributed by atoms with Gasteiger partial charge in [-0.3, -0.25) is 0 Å². The van der Waals surface area contributed by atoms with Crippen molar-refractivity contribution in [3.05, 3.63) is 78.4 Å². The summed E-state index contributed by atoms with van der Waals surface area (Å²) in [6.45, 7) is 3.51. The zero-order valence-electron chi connectivity index (χ0n) is 15.1. The van der Waals surface area contributed by atoms with Crippen LogP contribution in [-0.2, 0) is 5.60 Å². The van der Waals surface area contributed by atoms with Crippen molar-refractivity contribution in [1.29, 1.82) is 0 Å². The van der Waals surface area contributed by atoms with E-state index < -0.39 is 5.60 Å². The molecule has 1 N–H and O–H groups in total. The van der Waals surface area contributed by atoms with Crippen LogP contribution in [0.1, 0.15) is 19.4 Å². The lowest BCUT2D eigenvalue weighted by molar-refractivity contribution is 0.0786. The highest BCUT2D eigenvalue weighted by Crippen LogP contribution is 2.29. The Labute approximate surface area is 153 Å².